The van der Waals surface area contributed by atoms with Crippen molar-refractivity contribution in [2.24, 2.45) is 0 Å². The van der Waals surface area contributed by atoms with Crippen molar-refractivity contribution >= 4 is 17.7 Å². The molecule has 0 saturated carbocycles. The minimum Gasteiger partial charge on any atom is -0.356 e. The van der Waals surface area contributed by atoms with Gasteiger partial charge in [0.05, 0.1) is 0 Å². The van der Waals surface area contributed by atoms with Gasteiger partial charge in [0.2, 0.25) is 5.91 Å². The maximum Gasteiger partial charge on any atom is 0.220 e. The first-order chi connectivity index (χ1) is 6.83. The number of carbonyl (C=O) groups excluding carboxylic acids is 1. The first-order valence-corrected chi connectivity index (χ1v) is 6.71. The van der Waals surface area contributed by atoms with Gasteiger partial charge in [0.25, 0.3) is 0 Å². The van der Waals surface area contributed by atoms with Crippen molar-refractivity contribution in [1.82, 2.24) is 10.6 Å². The summed E-state index contributed by atoms with van der Waals surface area (Å²) in [6, 6.07) is 0.635. The lowest BCUT2D eigenvalue weighted by Crippen LogP contribution is -2.30. The Morgan fingerprint density at radius 1 is 1.64 bits per heavy atom. The highest BCUT2D eigenvalue weighted by Crippen LogP contribution is 2.07. The molecule has 2 N–H and O–H groups in total. The van der Waals surface area contributed by atoms with Crippen molar-refractivity contribution in [2.75, 3.05) is 25.1 Å². The number of nitrogens with one attached hydrogen (secondary N) is 2. The van der Waals surface area contributed by atoms with Gasteiger partial charge in [-0.25, -0.2) is 0 Å². The molecule has 82 valence electrons. The molecule has 0 aromatic carbocycles. The Bertz CT molecular complexity index is 170. The average molecular weight is 216 g/mol. The van der Waals surface area contributed by atoms with Gasteiger partial charge in [-0.1, -0.05) is 0 Å². The average Bonchev–Trinajstić information content (AvgIpc) is 2.67. The molecular formula is C10H20N2OS. The normalized spacial score (nSPS) is 21.1. The summed E-state index contributed by atoms with van der Waals surface area (Å²) in [5.74, 6) is 1.12. The summed E-state index contributed by atoms with van der Waals surface area (Å²) in [4.78, 5) is 11.2. The summed E-state index contributed by atoms with van der Waals surface area (Å²) in [7, 11) is 0. The lowest BCUT2D eigenvalue weighted by atomic mass is 10.1. The molecule has 0 aromatic rings. The molecule has 0 unspecified atom stereocenters. The molecule has 1 fully saturated rings. The van der Waals surface area contributed by atoms with Crippen molar-refractivity contribution in [1.29, 1.82) is 0 Å². The fourth-order valence-electron chi connectivity index (χ4n) is 1.67. The molecule has 1 saturated heterocycles. The maximum absolute atomic E-state index is 11.2. The molecule has 1 heterocycles. The van der Waals surface area contributed by atoms with Gasteiger partial charge in [0, 0.05) is 24.8 Å². The molecule has 3 nitrogen and oxygen atoms in total. The van der Waals surface area contributed by atoms with E-state index in [1.807, 2.05) is 6.26 Å². The molecule has 14 heavy (non-hydrogen) atoms. The van der Waals surface area contributed by atoms with Crippen LogP contribution in [0.2, 0.25) is 0 Å². The summed E-state index contributed by atoms with van der Waals surface area (Å²) >= 11 is 1.72. The van der Waals surface area contributed by atoms with Gasteiger partial charge in [-0.05, 0) is 32.1 Å². The van der Waals surface area contributed by atoms with Crippen LogP contribution in [0, 0.1) is 0 Å². The van der Waals surface area contributed by atoms with Crippen molar-refractivity contribution < 1.29 is 4.79 Å². The SMILES string of the molecule is CSCCC(=O)NCC[C@@H]1CCCN1. The fraction of sp³-hybridized carbons (Fsp3) is 0.900. The number of thioether (sulfide) groups is 1. The van der Waals surface area contributed by atoms with Crippen LogP contribution in [0.3, 0.4) is 0 Å². The van der Waals surface area contributed by atoms with Gasteiger partial charge >= 0.3 is 0 Å². The van der Waals surface area contributed by atoms with E-state index in [9.17, 15) is 4.79 Å². The lowest BCUT2D eigenvalue weighted by molar-refractivity contribution is -0.120. The third-order valence-electron chi connectivity index (χ3n) is 2.51. The minimum absolute atomic E-state index is 0.192. The summed E-state index contributed by atoms with van der Waals surface area (Å²) < 4.78 is 0. The van der Waals surface area contributed by atoms with Crippen LogP contribution in [0.25, 0.3) is 0 Å². The number of amides is 1. The van der Waals surface area contributed by atoms with Crippen LogP contribution >= 0.6 is 11.8 Å². The molecule has 0 bridgehead atoms. The molecule has 0 aliphatic carbocycles. The maximum atomic E-state index is 11.2. The largest absolute Gasteiger partial charge is 0.356 e. The Kier molecular flexibility index (Phi) is 6.03. The molecule has 1 amide bonds. The Labute approximate surface area is 90.4 Å². The second-order valence-electron chi connectivity index (χ2n) is 3.67. The molecule has 1 atom stereocenters. The van der Waals surface area contributed by atoms with E-state index < -0.39 is 0 Å². The Hall–Kier alpha value is -0.220. The Morgan fingerprint density at radius 2 is 2.50 bits per heavy atom. The predicted molar refractivity (Wildman–Crippen MR) is 61.7 cm³/mol. The molecule has 1 rings (SSSR count). The van der Waals surface area contributed by atoms with E-state index in [-0.39, 0.29) is 5.91 Å². The zero-order valence-corrected chi connectivity index (χ0v) is 9.66. The highest BCUT2D eigenvalue weighted by atomic mass is 32.2. The molecular weight excluding hydrogens is 196 g/mol. The van der Waals surface area contributed by atoms with E-state index in [1.54, 1.807) is 11.8 Å². The van der Waals surface area contributed by atoms with Gasteiger partial charge in [-0.2, -0.15) is 11.8 Å². The monoisotopic (exact) mass is 216 g/mol. The topological polar surface area (TPSA) is 41.1 Å². The highest BCUT2D eigenvalue weighted by molar-refractivity contribution is 7.98. The van der Waals surface area contributed by atoms with Crippen LogP contribution in [0.1, 0.15) is 25.7 Å². The van der Waals surface area contributed by atoms with Crippen molar-refractivity contribution in [2.45, 2.75) is 31.7 Å². The van der Waals surface area contributed by atoms with E-state index in [4.69, 9.17) is 0 Å². The van der Waals surface area contributed by atoms with E-state index in [1.165, 1.54) is 12.8 Å². The second kappa shape index (κ2) is 7.12. The van der Waals surface area contributed by atoms with E-state index in [0.717, 1.165) is 25.3 Å². The lowest BCUT2D eigenvalue weighted by Gasteiger charge is -2.10. The second-order valence-corrected chi connectivity index (χ2v) is 4.66. The first kappa shape index (κ1) is 11.9. The van der Waals surface area contributed by atoms with Crippen LogP contribution in [-0.2, 0) is 4.79 Å². The molecule has 0 radical (unpaired) electrons. The van der Waals surface area contributed by atoms with Crippen LogP contribution in [0.5, 0.6) is 0 Å². The molecule has 1 aliphatic rings. The van der Waals surface area contributed by atoms with E-state index >= 15 is 0 Å². The quantitative estimate of drug-likeness (QED) is 0.696. The number of carbonyl (C=O) groups is 1. The number of hydrogen-bond acceptors (Lipinski definition) is 3. The summed E-state index contributed by atoms with van der Waals surface area (Å²) in [5, 5.41) is 6.37. The zero-order valence-electron chi connectivity index (χ0n) is 8.84. The predicted octanol–water partition coefficient (Wildman–Crippen LogP) is 0.998. The van der Waals surface area contributed by atoms with Crippen molar-refractivity contribution in [3.63, 3.8) is 0 Å². The smallest absolute Gasteiger partial charge is 0.220 e. The third-order valence-corrected chi connectivity index (χ3v) is 3.12. The van der Waals surface area contributed by atoms with E-state index in [2.05, 4.69) is 10.6 Å². The van der Waals surface area contributed by atoms with Crippen LogP contribution < -0.4 is 10.6 Å². The van der Waals surface area contributed by atoms with Crippen molar-refractivity contribution in [3.8, 4) is 0 Å². The fourth-order valence-corrected chi connectivity index (χ4v) is 2.06. The van der Waals surface area contributed by atoms with Crippen LogP contribution in [0.15, 0.2) is 0 Å². The summed E-state index contributed by atoms with van der Waals surface area (Å²) in [5.41, 5.74) is 0. The van der Waals surface area contributed by atoms with Gasteiger partial charge < -0.3 is 10.6 Å². The molecule has 0 aromatic heterocycles. The Balaban J connectivity index is 1.94. The zero-order chi connectivity index (χ0) is 10.2. The minimum atomic E-state index is 0.192. The van der Waals surface area contributed by atoms with Gasteiger partial charge in [0.15, 0.2) is 0 Å². The molecule has 1 aliphatic heterocycles. The molecule has 4 heteroatoms. The van der Waals surface area contributed by atoms with Crippen molar-refractivity contribution in [3.05, 3.63) is 0 Å². The number of rotatable bonds is 6. The van der Waals surface area contributed by atoms with E-state index in [0.29, 0.717) is 12.5 Å². The van der Waals surface area contributed by atoms with Crippen LogP contribution in [0.4, 0.5) is 0 Å². The highest BCUT2D eigenvalue weighted by Gasteiger charge is 2.13. The molecule has 0 spiro atoms. The summed E-state index contributed by atoms with van der Waals surface area (Å²) in [6.45, 7) is 1.97. The first-order valence-electron chi connectivity index (χ1n) is 5.32. The summed E-state index contributed by atoms with van der Waals surface area (Å²) in [6.07, 6.45) is 6.30. The Morgan fingerprint density at radius 3 is 3.14 bits per heavy atom. The third kappa shape index (κ3) is 4.86. The van der Waals surface area contributed by atoms with Gasteiger partial charge in [-0.15, -0.1) is 0 Å². The number of hydrogen-bond donors (Lipinski definition) is 2. The van der Waals surface area contributed by atoms with Gasteiger partial charge in [0.1, 0.15) is 0 Å². The standard InChI is InChI=1S/C10H20N2OS/c1-14-8-5-10(13)12-7-4-9-3-2-6-11-9/h9,11H,2-8H2,1H3,(H,12,13)/t9-/m0/s1. The van der Waals surface area contributed by atoms with Crippen LogP contribution in [-0.4, -0.2) is 37.0 Å². The van der Waals surface area contributed by atoms with Gasteiger partial charge in [-0.3, -0.25) is 4.79 Å².